The predicted octanol–water partition coefficient (Wildman–Crippen LogP) is 2.68. The second-order valence-electron chi connectivity index (χ2n) is 4.42. The minimum absolute atomic E-state index is 0.110. The first-order valence-electron chi connectivity index (χ1n) is 5.77. The lowest BCUT2D eigenvalue weighted by molar-refractivity contribution is -0.138. The monoisotopic (exact) mass is 269 g/mol. The third kappa shape index (κ3) is 3.14. The Labute approximate surface area is 108 Å². The Hall–Kier alpha value is -1.82. The van der Waals surface area contributed by atoms with Crippen LogP contribution in [0.3, 0.4) is 0 Å². The van der Waals surface area contributed by atoms with Gasteiger partial charge in [0.1, 0.15) is 0 Å². The summed E-state index contributed by atoms with van der Waals surface area (Å²) in [5.41, 5.74) is 6.14. The number of aryl methyl sites for hydroxylation is 1. The number of halogens is 3. The lowest BCUT2D eigenvalue weighted by atomic mass is 9.96. The van der Waals surface area contributed by atoms with Crippen LogP contribution in [0.2, 0.25) is 0 Å². The van der Waals surface area contributed by atoms with E-state index in [4.69, 9.17) is 5.73 Å². The number of rotatable bonds is 3. The van der Waals surface area contributed by atoms with Crippen molar-refractivity contribution in [1.82, 2.24) is 9.78 Å². The zero-order valence-electron chi connectivity index (χ0n) is 10.4. The van der Waals surface area contributed by atoms with Gasteiger partial charge in [0.25, 0.3) is 0 Å². The Morgan fingerprint density at radius 3 is 2.58 bits per heavy atom. The maximum Gasteiger partial charge on any atom is 0.416 e. The summed E-state index contributed by atoms with van der Waals surface area (Å²) in [6, 6.07) is 4.70. The van der Waals surface area contributed by atoms with Crippen LogP contribution in [0.4, 0.5) is 13.2 Å². The molecule has 0 radical (unpaired) electrons. The van der Waals surface area contributed by atoms with E-state index >= 15 is 0 Å². The van der Waals surface area contributed by atoms with Gasteiger partial charge in [0.15, 0.2) is 0 Å². The summed E-state index contributed by atoms with van der Waals surface area (Å²) in [5.74, 6) is 0. The van der Waals surface area contributed by atoms with E-state index in [1.165, 1.54) is 12.1 Å². The van der Waals surface area contributed by atoms with Crippen molar-refractivity contribution in [3.05, 3.63) is 53.3 Å². The molecule has 2 rings (SSSR count). The number of hydrogen-bond donors (Lipinski definition) is 1. The van der Waals surface area contributed by atoms with Crippen molar-refractivity contribution in [2.24, 2.45) is 12.8 Å². The molecule has 6 heteroatoms. The molecule has 0 saturated heterocycles. The summed E-state index contributed by atoms with van der Waals surface area (Å²) in [6.45, 7) is 0. The number of nitrogens with zero attached hydrogens (tertiary/aromatic N) is 2. The van der Waals surface area contributed by atoms with E-state index in [1.807, 2.05) is 0 Å². The number of benzene rings is 1. The highest BCUT2D eigenvalue weighted by Crippen LogP contribution is 2.34. The third-order valence-electron chi connectivity index (χ3n) is 2.88. The normalized spacial score (nSPS) is 13.5. The van der Waals surface area contributed by atoms with Crippen LogP contribution in [-0.4, -0.2) is 9.78 Å². The van der Waals surface area contributed by atoms with Gasteiger partial charge in [0, 0.05) is 19.3 Å². The van der Waals surface area contributed by atoms with Crippen LogP contribution in [0.15, 0.2) is 36.7 Å². The SMILES string of the molecule is Cn1cc(CC(N)c2ccccc2C(F)(F)F)cn1. The molecule has 0 fully saturated rings. The first kappa shape index (κ1) is 13.6. The molecular weight excluding hydrogens is 255 g/mol. The molecule has 0 aliphatic rings. The molecule has 19 heavy (non-hydrogen) atoms. The quantitative estimate of drug-likeness (QED) is 0.931. The molecule has 2 N–H and O–H groups in total. The Balaban J connectivity index is 2.26. The van der Waals surface area contributed by atoms with Gasteiger partial charge < -0.3 is 5.73 Å². The van der Waals surface area contributed by atoms with E-state index in [-0.39, 0.29) is 5.56 Å². The Morgan fingerprint density at radius 2 is 2.00 bits per heavy atom. The van der Waals surface area contributed by atoms with Crippen LogP contribution in [-0.2, 0) is 19.6 Å². The molecule has 2 aromatic rings. The van der Waals surface area contributed by atoms with Crippen molar-refractivity contribution < 1.29 is 13.2 Å². The molecule has 0 amide bonds. The smallest absolute Gasteiger partial charge is 0.324 e. The van der Waals surface area contributed by atoms with Crippen molar-refractivity contribution >= 4 is 0 Å². The van der Waals surface area contributed by atoms with Gasteiger partial charge in [0.2, 0.25) is 0 Å². The van der Waals surface area contributed by atoms with E-state index in [0.717, 1.165) is 11.6 Å². The van der Waals surface area contributed by atoms with Crippen LogP contribution in [0, 0.1) is 0 Å². The number of aromatic nitrogens is 2. The third-order valence-corrected chi connectivity index (χ3v) is 2.88. The number of alkyl halides is 3. The zero-order valence-corrected chi connectivity index (χ0v) is 10.4. The maximum absolute atomic E-state index is 12.9. The molecule has 0 spiro atoms. The van der Waals surface area contributed by atoms with Gasteiger partial charge >= 0.3 is 6.18 Å². The summed E-state index contributed by atoms with van der Waals surface area (Å²) in [4.78, 5) is 0. The van der Waals surface area contributed by atoms with E-state index in [1.54, 1.807) is 30.2 Å². The molecular formula is C13H14F3N3. The van der Waals surface area contributed by atoms with Gasteiger partial charge in [-0.25, -0.2) is 0 Å². The molecule has 0 aliphatic carbocycles. The Kier molecular flexibility index (Phi) is 3.61. The standard InChI is InChI=1S/C13H14F3N3/c1-19-8-9(7-18-19)6-12(17)10-4-2-3-5-11(10)13(14,15)16/h2-5,7-8,12H,6,17H2,1H3. The van der Waals surface area contributed by atoms with Gasteiger partial charge in [-0.3, -0.25) is 4.68 Å². The summed E-state index contributed by atoms with van der Waals surface area (Å²) < 4.78 is 40.2. The van der Waals surface area contributed by atoms with Crippen LogP contribution < -0.4 is 5.73 Å². The molecule has 1 aromatic carbocycles. The first-order chi connectivity index (χ1) is 8.88. The van der Waals surface area contributed by atoms with E-state index in [2.05, 4.69) is 5.10 Å². The molecule has 1 heterocycles. The number of nitrogens with two attached hydrogens (primary N) is 1. The highest BCUT2D eigenvalue weighted by Gasteiger charge is 2.34. The van der Waals surface area contributed by atoms with Crippen LogP contribution in [0.5, 0.6) is 0 Å². The highest BCUT2D eigenvalue weighted by atomic mass is 19.4. The summed E-state index contributed by atoms with van der Waals surface area (Å²) in [6.07, 6.45) is -0.712. The van der Waals surface area contributed by atoms with Crippen molar-refractivity contribution in [2.75, 3.05) is 0 Å². The number of hydrogen-bond acceptors (Lipinski definition) is 2. The highest BCUT2D eigenvalue weighted by molar-refractivity contribution is 5.33. The molecule has 0 saturated carbocycles. The van der Waals surface area contributed by atoms with Crippen molar-refractivity contribution in [3.8, 4) is 0 Å². The molecule has 102 valence electrons. The molecule has 0 aliphatic heterocycles. The minimum atomic E-state index is -4.39. The molecule has 1 atom stereocenters. The lowest BCUT2D eigenvalue weighted by Crippen LogP contribution is -2.19. The lowest BCUT2D eigenvalue weighted by Gasteiger charge is -2.17. The van der Waals surface area contributed by atoms with Crippen molar-refractivity contribution in [2.45, 2.75) is 18.6 Å². The molecule has 1 unspecified atom stereocenters. The van der Waals surface area contributed by atoms with Crippen LogP contribution in [0.1, 0.15) is 22.7 Å². The minimum Gasteiger partial charge on any atom is -0.324 e. The average molecular weight is 269 g/mol. The fourth-order valence-electron chi connectivity index (χ4n) is 2.02. The van der Waals surface area contributed by atoms with Gasteiger partial charge in [-0.2, -0.15) is 18.3 Å². The summed E-state index contributed by atoms with van der Waals surface area (Å²) in [5, 5.41) is 3.97. The van der Waals surface area contributed by atoms with Gasteiger partial charge in [-0.15, -0.1) is 0 Å². The second-order valence-corrected chi connectivity index (χ2v) is 4.42. The van der Waals surface area contributed by atoms with Gasteiger partial charge in [-0.05, 0) is 23.6 Å². The predicted molar refractivity (Wildman–Crippen MR) is 65.3 cm³/mol. The fraction of sp³-hybridized carbons (Fsp3) is 0.308. The van der Waals surface area contributed by atoms with Gasteiger partial charge in [-0.1, -0.05) is 18.2 Å². The zero-order chi connectivity index (χ0) is 14.0. The fourth-order valence-corrected chi connectivity index (χ4v) is 2.02. The molecule has 0 bridgehead atoms. The Bertz CT molecular complexity index is 560. The van der Waals surface area contributed by atoms with Crippen LogP contribution >= 0.6 is 0 Å². The van der Waals surface area contributed by atoms with Gasteiger partial charge in [0.05, 0.1) is 11.8 Å². The van der Waals surface area contributed by atoms with E-state index in [0.29, 0.717) is 6.42 Å². The van der Waals surface area contributed by atoms with E-state index in [9.17, 15) is 13.2 Å². The van der Waals surface area contributed by atoms with E-state index < -0.39 is 17.8 Å². The first-order valence-corrected chi connectivity index (χ1v) is 5.77. The largest absolute Gasteiger partial charge is 0.416 e. The second kappa shape index (κ2) is 5.05. The maximum atomic E-state index is 12.9. The van der Waals surface area contributed by atoms with Crippen molar-refractivity contribution in [3.63, 3.8) is 0 Å². The average Bonchev–Trinajstić information content (AvgIpc) is 2.73. The topological polar surface area (TPSA) is 43.8 Å². The molecule has 3 nitrogen and oxygen atoms in total. The van der Waals surface area contributed by atoms with Crippen LogP contribution in [0.25, 0.3) is 0 Å². The summed E-state index contributed by atoms with van der Waals surface area (Å²) in [7, 11) is 1.75. The van der Waals surface area contributed by atoms with Crippen molar-refractivity contribution in [1.29, 1.82) is 0 Å². The molecule has 1 aromatic heterocycles. The summed E-state index contributed by atoms with van der Waals surface area (Å²) >= 11 is 0. The Morgan fingerprint density at radius 1 is 1.32 bits per heavy atom.